The van der Waals surface area contributed by atoms with Crippen LogP contribution in [-0.4, -0.2) is 24.5 Å². The molecule has 4 rings (SSSR count). The van der Waals surface area contributed by atoms with Crippen molar-refractivity contribution in [2.45, 2.75) is 24.9 Å². The van der Waals surface area contributed by atoms with Gasteiger partial charge in [-0.05, 0) is 66.9 Å². The van der Waals surface area contributed by atoms with Crippen LogP contribution in [0.2, 0.25) is 0 Å². The van der Waals surface area contributed by atoms with Gasteiger partial charge in [0.1, 0.15) is 0 Å². The lowest BCUT2D eigenvalue weighted by atomic mass is 10.1. The molecule has 32 heavy (non-hydrogen) atoms. The number of rotatable bonds is 4. The fraction of sp³-hybridized carbons (Fsp3) is 0.174. The summed E-state index contributed by atoms with van der Waals surface area (Å²) in [4.78, 5) is 1.52. The topological polar surface area (TPSA) is 52.0 Å². The lowest BCUT2D eigenvalue weighted by molar-refractivity contribution is -0.141. The molecular weight excluding hydrogens is 457 g/mol. The molecule has 4 aromatic rings. The first-order chi connectivity index (χ1) is 14.9. The number of thiophene rings is 1. The zero-order valence-corrected chi connectivity index (χ0v) is 19.1. The van der Waals surface area contributed by atoms with Gasteiger partial charge in [-0.1, -0.05) is 24.3 Å². The van der Waals surface area contributed by atoms with E-state index in [1.807, 2.05) is 26.0 Å². The second kappa shape index (κ2) is 7.90. The Morgan fingerprint density at radius 2 is 1.66 bits per heavy atom. The Kier molecular flexibility index (Phi) is 5.50. The number of sulfone groups is 1. The van der Waals surface area contributed by atoms with Crippen LogP contribution in [0, 0.1) is 13.8 Å². The van der Waals surface area contributed by atoms with Gasteiger partial charge in [0, 0.05) is 11.1 Å². The predicted octanol–water partition coefficient (Wildman–Crippen LogP) is 6.31. The van der Waals surface area contributed by atoms with Crippen molar-refractivity contribution in [3.63, 3.8) is 0 Å². The molecule has 0 saturated carbocycles. The van der Waals surface area contributed by atoms with E-state index in [2.05, 4.69) is 5.10 Å². The van der Waals surface area contributed by atoms with Crippen molar-refractivity contribution in [1.82, 2.24) is 9.78 Å². The Morgan fingerprint density at radius 3 is 2.34 bits per heavy atom. The summed E-state index contributed by atoms with van der Waals surface area (Å²) in [6, 6.07) is 16.6. The smallest absolute Gasteiger partial charge is 0.231 e. The van der Waals surface area contributed by atoms with Crippen LogP contribution in [0.3, 0.4) is 0 Å². The lowest BCUT2D eigenvalue weighted by Crippen LogP contribution is -2.08. The molecule has 0 bridgehead atoms. The van der Waals surface area contributed by atoms with Crippen LogP contribution in [-0.2, 0) is 16.0 Å². The number of aryl methyl sites for hydroxylation is 2. The van der Waals surface area contributed by atoms with Gasteiger partial charge in [-0.15, -0.1) is 11.3 Å². The average molecular weight is 477 g/mol. The highest BCUT2D eigenvalue weighted by atomic mass is 32.2. The first-order valence-electron chi connectivity index (χ1n) is 9.59. The molecule has 166 valence electrons. The zero-order valence-electron chi connectivity index (χ0n) is 17.4. The van der Waals surface area contributed by atoms with E-state index >= 15 is 0 Å². The summed E-state index contributed by atoms with van der Waals surface area (Å²) >= 11 is 1.28. The molecule has 2 aromatic carbocycles. The summed E-state index contributed by atoms with van der Waals surface area (Å²) in [5.41, 5.74) is 2.31. The monoisotopic (exact) mass is 476 g/mol. The van der Waals surface area contributed by atoms with Crippen molar-refractivity contribution in [2.24, 2.45) is 0 Å². The lowest BCUT2D eigenvalue weighted by Gasteiger charge is -2.10. The molecule has 0 saturated heterocycles. The molecule has 9 heteroatoms. The van der Waals surface area contributed by atoms with Gasteiger partial charge in [0.15, 0.2) is 15.5 Å². The van der Waals surface area contributed by atoms with Crippen molar-refractivity contribution in [1.29, 1.82) is 0 Å². The largest absolute Gasteiger partial charge is 0.435 e. The van der Waals surface area contributed by atoms with E-state index in [4.69, 9.17) is 0 Å². The van der Waals surface area contributed by atoms with Crippen LogP contribution < -0.4 is 0 Å². The van der Waals surface area contributed by atoms with E-state index in [9.17, 15) is 21.6 Å². The van der Waals surface area contributed by atoms with Gasteiger partial charge in [0.05, 0.1) is 21.2 Å². The van der Waals surface area contributed by atoms with Crippen LogP contribution in [0.15, 0.2) is 65.6 Å². The first-order valence-corrected chi connectivity index (χ1v) is 12.3. The van der Waals surface area contributed by atoms with Crippen molar-refractivity contribution < 1.29 is 21.6 Å². The van der Waals surface area contributed by atoms with E-state index < -0.39 is 21.7 Å². The van der Waals surface area contributed by atoms with Gasteiger partial charge in [-0.3, -0.25) is 0 Å². The van der Waals surface area contributed by atoms with Gasteiger partial charge in [-0.25, -0.2) is 13.1 Å². The fourth-order valence-corrected chi connectivity index (χ4v) is 5.01. The maximum Gasteiger partial charge on any atom is 0.435 e. The second-order valence-electron chi connectivity index (χ2n) is 7.58. The molecule has 0 fully saturated rings. The highest BCUT2D eigenvalue weighted by Crippen LogP contribution is 2.39. The normalized spacial score (nSPS) is 12.3. The zero-order chi connectivity index (χ0) is 23.3. The Labute approximate surface area is 187 Å². The number of hydrogen-bond donors (Lipinski definition) is 0. The van der Waals surface area contributed by atoms with E-state index in [1.54, 1.807) is 36.4 Å². The van der Waals surface area contributed by atoms with Gasteiger partial charge < -0.3 is 0 Å². The average Bonchev–Trinajstić information content (AvgIpc) is 3.36. The molecule has 4 nitrogen and oxygen atoms in total. The third-order valence-corrected chi connectivity index (χ3v) is 7.26. The minimum Gasteiger partial charge on any atom is -0.231 e. The van der Waals surface area contributed by atoms with Crippen molar-refractivity contribution in [3.05, 3.63) is 77.5 Å². The minimum atomic E-state index is -4.58. The van der Waals surface area contributed by atoms with E-state index in [1.165, 1.54) is 22.1 Å². The predicted molar refractivity (Wildman–Crippen MR) is 120 cm³/mol. The number of nitrogens with zero attached hydrogens (tertiary/aromatic N) is 2. The number of aromatic nitrogens is 2. The Hall–Kier alpha value is -2.91. The van der Waals surface area contributed by atoms with Crippen molar-refractivity contribution >= 4 is 21.2 Å². The molecule has 0 aliphatic rings. The Morgan fingerprint density at radius 1 is 0.938 bits per heavy atom. The maximum atomic E-state index is 13.5. The summed E-state index contributed by atoms with van der Waals surface area (Å²) < 4.78 is 65.6. The maximum absolute atomic E-state index is 13.5. The molecule has 0 aliphatic heterocycles. The number of hydrogen-bond acceptors (Lipinski definition) is 4. The number of benzene rings is 2. The van der Waals surface area contributed by atoms with Crippen LogP contribution in [0.4, 0.5) is 13.2 Å². The molecule has 2 aromatic heterocycles. The van der Waals surface area contributed by atoms with E-state index in [-0.39, 0.29) is 4.90 Å². The number of alkyl halides is 3. The molecule has 2 heterocycles. The quantitative estimate of drug-likeness (QED) is 0.347. The van der Waals surface area contributed by atoms with E-state index in [0.717, 1.165) is 28.3 Å². The summed E-state index contributed by atoms with van der Waals surface area (Å²) in [6.07, 6.45) is -3.45. The van der Waals surface area contributed by atoms with Crippen LogP contribution in [0.5, 0.6) is 0 Å². The third kappa shape index (κ3) is 4.35. The molecule has 0 spiro atoms. The van der Waals surface area contributed by atoms with Gasteiger partial charge in [0.25, 0.3) is 0 Å². The Balaban J connectivity index is 1.86. The highest BCUT2D eigenvalue weighted by molar-refractivity contribution is 7.90. The molecule has 0 radical (unpaired) electrons. The number of halogens is 3. The van der Waals surface area contributed by atoms with Crippen LogP contribution in [0.1, 0.15) is 16.8 Å². The van der Waals surface area contributed by atoms with Crippen molar-refractivity contribution in [3.8, 4) is 26.7 Å². The van der Waals surface area contributed by atoms with Crippen LogP contribution >= 0.6 is 11.3 Å². The SMILES string of the molecule is Cc1ccc(C)c(-n2nc(C(F)(F)F)cc2-c2ccc(-c3cccc(S(C)(=O)=O)c3)s2)c1. The molecular formula is C23H19F3N2O2S2. The molecule has 0 amide bonds. The first kappa shape index (κ1) is 22.3. The summed E-state index contributed by atoms with van der Waals surface area (Å²) in [6.45, 7) is 3.69. The standard InChI is InChI=1S/C23H19F3N2O2S2/c1-14-7-8-15(2)18(11-14)28-19(13-22(27-28)23(24,25)26)21-10-9-20(31-21)16-5-4-6-17(12-16)32(3,29)30/h4-13H,1-3H3. The molecule has 0 N–H and O–H groups in total. The van der Waals surface area contributed by atoms with Crippen LogP contribution in [0.25, 0.3) is 26.7 Å². The Bertz CT molecular complexity index is 1420. The summed E-state index contributed by atoms with van der Waals surface area (Å²) in [5, 5.41) is 3.88. The molecule has 0 aliphatic carbocycles. The minimum absolute atomic E-state index is 0.185. The van der Waals surface area contributed by atoms with Gasteiger partial charge in [0.2, 0.25) is 0 Å². The van der Waals surface area contributed by atoms with E-state index in [0.29, 0.717) is 21.8 Å². The van der Waals surface area contributed by atoms with Gasteiger partial charge in [-0.2, -0.15) is 18.3 Å². The van der Waals surface area contributed by atoms with Crippen molar-refractivity contribution in [2.75, 3.05) is 6.26 Å². The fourth-order valence-electron chi connectivity index (χ4n) is 3.34. The summed E-state index contributed by atoms with van der Waals surface area (Å²) in [5.74, 6) is 0. The third-order valence-electron chi connectivity index (χ3n) is 5.00. The van der Waals surface area contributed by atoms with Gasteiger partial charge >= 0.3 is 6.18 Å². The summed E-state index contributed by atoms with van der Waals surface area (Å²) in [7, 11) is -3.38. The molecule has 0 unspecified atom stereocenters. The molecule has 0 atom stereocenters. The highest BCUT2D eigenvalue weighted by Gasteiger charge is 2.35. The second-order valence-corrected chi connectivity index (χ2v) is 10.7.